The average Bonchev–Trinajstić information content (AvgIpc) is 2.86. The first-order valence-electron chi connectivity index (χ1n) is 7.38. The molecular formula is C16H24N4S. The first kappa shape index (κ1) is 15.9. The van der Waals surface area contributed by atoms with Gasteiger partial charge in [-0.25, -0.2) is 4.98 Å². The van der Waals surface area contributed by atoms with Crippen LogP contribution in [0.2, 0.25) is 0 Å². The first-order chi connectivity index (χ1) is 10.1. The molecule has 0 unspecified atom stereocenters. The van der Waals surface area contributed by atoms with Gasteiger partial charge in [-0.2, -0.15) is 0 Å². The molecule has 0 radical (unpaired) electrons. The lowest BCUT2D eigenvalue weighted by Gasteiger charge is -2.22. The number of aryl methyl sites for hydroxylation is 2. The lowest BCUT2D eigenvalue weighted by molar-refractivity contribution is 0.671. The fourth-order valence-electron chi connectivity index (χ4n) is 2.27. The summed E-state index contributed by atoms with van der Waals surface area (Å²) in [5.74, 6) is 0. The minimum atomic E-state index is 0.828. The molecule has 2 heterocycles. The Bertz CT molecular complexity index is 579. The van der Waals surface area contributed by atoms with E-state index in [1.165, 1.54) is 11.3 Å². The second kappa shape index (κ2) is 7.52. The predicted octanol–water partition coefficient (Wildman–Crippen LogP) is 3.29. The van der Waals surface area contributed by atoms with Crippen molar-refractivity contribution in [3.05, 3.63) is 39.6 Å². The van der Waals surface area contributed by atoms with E-state index in [4.69, 9.17) is 0 Å². The van der Waals surface area contributed by atoms with Gasteiger partial charge in [0.25, 0.3) is 0 Å². The smallest absolute Gasteiger partial charge is 0.0898 e. The lowest BCUT2D eigenvalue weighted by atomic mass is 10.2. The molecule has 0 saturated heterocycles. The summed E-state index contributed by atoms with van der Waals surface area (Å²) < 4.78 is 0. The minimum Gasteiger partial charge on any atom is -0.368 e. The zero-order chi connectivity index (χ0) is 15.2. The van der Waals surface area contributed by atoms with Crippen LogP contribution in [-0.4, -0.2) is 23.6 Å². The Kier molecular flexibility index (Phi) is 5.70. The lowest BCUT2D eigenvalue weighted by Crippen LogP contribution is -2.21. The summed E-state index contributed by atoms with van der Waals surface area (Å²) in [5, 5.41) is 6.71. The summed E-state index contributed by atoms with van der Waals surface area (Å²) in [6.07, 6.45) is 3.12. The van der Waals surface area contributed by atoms with Crippen LogP contribution >= 0.6 is 11.3 Å². The zero-order valence-electron chi connectivity index (χ0n) is 13.3. The van der Waals surface area contributed by atoms with E-state index in [2.05, 4.69) is 45.6 Å². The van der Waals surface area contributed by atoms with Crippen molar-refractivity contribution in [2.24, 2.45) is 0 Å². The minimum absolute atomic E-state index is 0.828. The summed E-state index contributed by atoms with van der Waals surface area (Å²) in [4.78, 5) is 11.2. The normalized spacial score (nSPS) is 10.9. The van der Waals surface area contributed by atoms with E-state index in [9.17, 15) is 0 Å². The number of hydrogen-bond acceptors (Lipinski definition) is 5. The van der Waals surface area contributed by atoms with Gasteiger partial charge in [-0.15, -0.1) is 11.3 Å². The fraction of sp³-hybridized carbons (Fsp3) is 0.500. The quantitative estimate of drug-likeness (QED) is 0.797. The van der Waals surface area contributed by atoms with E-state index < -0.39 is 0 Å². The van der Waals surface area contributed by atoms with E-state index in [-0.39, 0.29) is 0 Å². The Hall–Kier alpha value is -1.46. The molecule has 0 aliphatic rings. The predicted molar refractivity (Wildman–Crippen MR) is 89.9 cm³/mol. The van der Waals surface area contributed by atoms with Gasteiger partial charge in [0.2, 0.25) is 0 Å². The van der Waals surface area contributed by atoms with E-state index in [1.54, 1.807) is 11.3 Å². The molecule has 0 spiro atoms. The Labute approximate surface area is 131 Å². The molecule has 4 nitrogen and oxygen atoms in total. The number of pyridine rings is 1. The molecular weight excluding hydrogens is 280 g/mol. The Morgan fingerprint density at radius 3 is 2.81 bits per heavy atom. The van der Waals surface area contributed by atoms with Gasteiger partial charge in [-0.1, -0.05) is 6.92 Å². The maximum absolute atomic E-state index is 4.55. The van der Waals surface area contributed by atoms with E-state index in [0.29, 0.717) is 0 Å². The van der Waals surface area contributed by atoms with Crippen LogP contribution in [0.1, 0.15) is 35.3 Å². The summed E-state index contributed by atoms with van der Waals surface area (Å²) in [6.45, 7) is 8.98. The molecule has 0 aromatic carbocycles. The number of hydrogen-bond donors (Lipinski definition) is 1. The number of rotatable bonds is 7. The van der Waals surface area contributed by atoms with E-state index in [1.807, 2.05) is 20.0 Å². The molecule has 2 rings (SSSR count). The van der Waals surface area contributed by atoms with Crippen molar-refractivity contribution < 1.29 is 0 Å². The largest absolute Gasteiger partial charge is 0.368 e. The van der Waals surface area contributed by atoms with Gasteiger partial charge in [-0.3, -0.25) is 4.98 Å². The third-order valence-corrected chi connectivity index (χ3v) is 4.14. The third kappa shape index (κ3) is 4.51. The number of thiazole rings is 1. The van der Waals surface area contributed by atoms with Crippen LogP contribution in [0.15, 0.2) is 17.6 Å². The molecule has 1 N–H and O–H groups in total. The molecule has 114 valence electrons. The van der Waals surface area contributed by atoms with Crippen LogP contribution in [0.25, 0.3) is 0 Å². The van der Waals surface area contributed by atoms with Crippen LogP contribution in [0.5, 0.6) is 0 Å². The van der Waals surface area contributed by atoms with Gasteiger partial charge in [0.15, 0.2) is 0 Å². The van der Waals surface area contributed by atoms with Crippen molar-refractivity contribution in [3.63, 3.8) is 0 Å². The number of nitrogens with one attached hydrogen (secondary N) is 1. The molecule has 0 fully saturated rings. The van der Waals surface area contributed by atoms with Gasteiger partial charge in [0, 0.05) is 42.1 Å². The van der Waals surface area contributed by atoms with Gasteiger partial charge >= 0.3 is 0 Å². The van der Waals surface area contributed by atoms with Crippen molar-refractivity contribution in [1.29, 1.82) is 0 Å². The van der Waals surface area contributed by atoms with Crippen LogP contribution in [-0.2, 0) is 13.1 Å². The van der Waals surface area contributed by atoms with Crippen molar-refractivity contribution in [2.75, 3.05) is 18.5 Å². The average molecular weight is 304 g/mol. The maximum Gasteiger partial charge on any atom is 0.0898 e. The van der Waals surface area contributed by atoms with E-state index >= 15 is 0 Å². The van der Waals surface area contributed by atoms with Crippen molar-refractivity contribution in [3.8, 4) is 0 Å². The zero-order valence-corrected chi connectivity index (χ0v) is 14.1. The molecule has 0 saturated carbocycles. The molecule has 0 aliphatic carbocycles. The van der Waals surface area contributed by atoms with E-state index in [0.717, 1.165) is 42.5 Å². The topological polar surface area (TPSA) is 41.1 Å². The Morgan fingerprint density at radius 2 is 2.14 bits per heavy atom. The van der Waals surface area contributed by atoms with Crippen molar-refractivity contribution in [1.82, 2.24) is 15.3 Å². The maximum atomic E-state index is 4.55. The number of anilines is 1. The standard InChI is InChI=1S/C16H24N4S/c1-5-6-17-8-14-9-18-12(2)7-16(14)20(4)10-15-11-21-13(3)19-15/h7,9,11,17H,5-6,8,10H2,1-4H3. The Balaban J connectivity index is 2.13. The van der Waals surface area contributed by atoms with Crippen molar-refractivity contribution >= 4 is 17.0 Å². The molecule has 2 aromatic heterocycles. The third-order valence-electron chi connectivity index (χ3n) is 3.32. The second-order valence-corrected chi connectivity index (χ2v) is 6.41. The highest BCUT2D eigenvalue weighted by atomic mass is 32.1. The molecule has 2 aromatic rings. The molecule has 0 amide bonds. The SMILES string of the molecule is CCCNCc1cnc(C)cc1N(C)Cc1csc(C)n1. The highest BCUT2D eigenvalue weighted by molar-refractivity contribution is 7.09. The summed E-state index contributed by atoms with van der Waals surface area (Å²) in [7, 11) is 2.12. The number of aromatic nitrogens is 2. The van der Waals surface area contributed by atoms with Crippen LogP contribution in [0.4, 0.5) is 5.69 Å². The van der Waals surface area contributed by atoms with Gasteiger partial charge in [0.05, 0.1) is 17.2 Å². The molecule has 0 aliphatic heterocycles. The van der Waals surface area contributed by atoms with Gasteiger partial charge in [0.1, 0.15) is 0 Å². The van der Waals surface area contributed by atoms with Crippen molar-refractivity contribution in [2.45, 2.75) is 40.3 Å². The summed E-state index contributed by atoms with van der Waals surface area (Å²) in [6, 6.07) is 2.15. The fourth-order valence-corrected chi connectivity index (χ4v) is 2.88. The molecule has 5 heteroatoms. The van der Waals surface area contributed by atoms with Crippen LogP contribution in [0.3, 0.4) is 0 Å². The van der Waals surface area contributed by atoms with Gasteiger partial charge < -0.3 is 10.2 Å². The molecule has 0 atom stereocenters. The monoisotopic (exact) mass is 304 g/mol. The molecule has 0 bridgehead atoms. The Morgan fingerprint density at radius 1 is 1.33 bits per heavy atom. The second-order valence-electron chi connectivity index (χ2n) is 5.35. The first-order valence-corrected chi connectivity index (χ1v) is 8.26. The summed E-state index contributed by atoms with van der Waals surface area (Å²) >= 11 is 1.70. The molecule has 21 heavy (non-hydrogen) atoms. The summed E-state index contributed by atoms with van der Waals surface area (Å²) in [5.41, 5.74) is 4.65. The van der Waals surface area contributed by atoms with Crippen LogP contribution in [0, 0.1) is 13.8 Å². The highest BCUT2D eigenvalue weighted by Crippen LogP contribution is 2.22. The van der Waals surface area contributed by atoms with Gasteiger partial charge in [-0.05, 0) is 32.9 Å². The highest BCUT2D eigenvalue weighted by Gasteiger charge is 2.10. The van der Waals surface area contributed by atoms with Crippen LogP contribution < -0.4 is 10.2 Å². The number of nitrogens with zero attached hydrogens (tertiary/aromatic N) is 3.